The van der Waals surface area contributed by atoms with E-state index in [1.165, 1.54) is 77.3 Å². The van der Waals surface area contributed by atoms with Gasteiger partial charge in [-0.1, -0.05) is 51.9 Å². The molecule has 0 aliphatic heterocycles. The van der Waals surface area contributed by atoms with Crippen molar-refractivity contribution in [3.05, 3.63) is 0 Å². The molecule has 0 heterocycles. The molecule has 0 bridgehead atoms. The van der Waals surface area contributed by atoms with E-state index < -0.39 is 5.97 Å². The highest BCUT2D eigenvalue weighted by Crippen LogP contribution is 2.04. The van der Waals surface area contributed by atoms with E-state index in [1.807, 2.05) is 0 Å². The number of carboxylic acid groups (broad SMARTS) is 1. The van der Waals surface area contributed by atoms with Crippen LogP contribution in [0.2, 0.25) is 0 Å². The van der Waals surface area contributed by atoms with Gasteiger partial charge in [-0.15, -0.1) is 0 Å². The lowest BCUT2D eigenvalue weighted by atomic mass is 10.1. The molecule has 0 amide bonds. The minimum Gasteiger partial charge on any atom is -0.481 e. The minimum absolute atomic E-state index is 0.182. The van der Waals surface area contributed by atoms with Gasteiger partial charge in [0.2, 0.25) is 0 Å². The Morgan fingerprint density at radius 1 is 0.455 bits per heavy atom. The standard InChI is InChI=1S/C25H56N6O2/c1-2-3-4-5-6-9-13-26-14-10-7-8-11-15-27-17-19-29-21-23-31-24-22-30-20-18-28-16-12-25(32)33/h26-31H,2-24H2,1H3,(H,32,33). The Labute approximate surface area is 204 Å². The molecule has 0 saturated heterocycles. The summed E-state index contributed by atoms with van der Waals surface area (Å²) in [4.78, 5) is 10.4. The molecular formula is C25H56N6O2. The van der Waals surface area contributed by atoms with Gasteiger partial charge < -0.3 is 37.0 Å². The van der Waals surface area contributed by atoms with E-state index in [9.17, 15) is 4.79 Å². The highest BCUT2D eigenvalue weighted by atomic mass is 16.4. The SMILES string of the molecule is CCCCCCCCNCCCCCCNCCNCCNCCNCCNCCC(=O)O. The summed E-state index contributed by atoms with van der Waals surface area (Å²) >= 11 is 0. The fourth-order valence-electron chi connectivity index (χ4n) is 3.54. The average molecular weight is 473 g/mol. The van der Waals surface area contributed by atoms with E-state index in [-0.39, 0.29) is 6.42 Å². The molecule has 198 valence electrons. The first-order chi connectivity index (χ1) is 16.3. The summed E-state index contributed by atoms with van der Waals surface area (Å²) in [5.41, 5.74) is 0. The summed E-state index contributed by atoms with van der Waals surface area (Å²) in [5, 5.41) is 28.9. The Balaban J connectivity index is 3.01. The fourth-order valence-corrected chi connectivity index (χ4v) is 3.54. The van der Waals surface area contributed by atoms with Crippen LogP contribution in [-0.4, -0.2) is 89.6 Å². The number of carbonyl (C=O) groups is 1. The highest BCUT2D eigenvalue weighted by Gasteiger charge is 1.95. The zero-order valence-electron chi connectivity index (χ0n) is 21.6. The number of nitrogens with one attached hydrogen (secondary N) is 6. The molecule has 0 saturated carbocycles. The Morgan fingerprint density at radius 2 is 0.758 bits per heavy atom. The van der Waals surface area contributed by atoms with Crippen LogP contribution in [0.4, 0.5) is 0 Å². The predicted octanol–water partition coefficient (Wildman–Crippen LogP) is 1.92. The van der Waals surface area contributed by atoms with Crippen molar-refractivity contribution in [3.63, 3.8) is 0 Å². The summed E-state index contributed by atoms with van der Waals surface area (Å²) in [6.45, 7) is 13.9. The second-order valence-electron chi connectivity index (χ2n) is 8.83. The molecule has 33 heavy (non-hydrogen) atoms. The lowest BCUT2D eigenvalue weighted by Crippen LogP contribution is -2.36. The van der Waals surface area contributed by atoms with Crippen molar-refractivity contribution < 1.29 is 9.90 Å². The van der Waals surface area contributed by atoms with E-state index in [4.69, 9.17) is 5.11 Å². The van der Waals surface area contributed by atoms with Crippen molar-refractivity contribution in [2.75, 3.05) is 78.5 Å². The lowest BCUT2D eigenvalue weighted by molar-refractivity contribution is -0.136. The number of hydrogen-bond donors (Lipinski definition) is 7. The van der Waals surface area contributed by atoms with Gasteiger partial charge in [-0.3, -0.25) is 4.79 Å². The largest absolute Gasteiger partial charge is 0.481 e. The quantitative estimate of drug-likeness (QED) is 0.0828. The fraction of sp³-hybridized carbons (Fsp3) is 0.960. The van der Waals surface area contributed by atoms with Crippen molar-refractivity contribution in [2.24, 2.45) is 0 Å². The Bertz CT molecular complexity index is 388. The minimum atomic E-state index is -0.753. The van der Waals surface area contributed by atoms with E-state index >= 15 is 0 Å². The molecular weight excluding hydrogens is 416 g/mol. The predicted molar refractivity (Wildman–Crippen MR) is 141 cm³/mol. The molecule has 0 spiro atoms. The summed E-state index contributed by atoms with van der Waals surface area (Å²) in [6.07, 6.45) is 13.7. The van der Waals surface area contributed by atoms with Gasteiger partial charge in [0, 0.05) is 58.9 Å². The van der Waals surface area contributed by atoms with Crippen molar-refractivity contribution in [3.8, 4) is 0 Å². The number of hydrogen-bond acceptors (Lipinski definition) is 7. The maximum atomic E-state index is 10.4. The van der Waals surface area contributed by atoms with Gasteiger partial charge in [-0.05, 0) is 38.9 Å². The van der Waals surface area contributed by atoms with E-state index in [0.29, 0.717) is 6.54 Å². The van der Waals surface area contributed by atoms with E-state index in [0.717, 1.165) is 58.9 Å². The Kier molecular flexibility index (Phi) is 28.6. The molecule has 0 radical (unpaired) electrons. The van der Waals surface area contributed by atoms with Gasteiger partial charge in [0.1, 0.15) is 0 Å². The third kappa shape index (κ3) is 31.2. The zero-order valence-corrected chi connectivity index (χ0v) is 21.6. The van der Waals surface area contributed by atoms with Crippen molar-refractivity contribution in [2.45, 2.75) is 77.6 Å². The number of unbranched alkanes of at least 4 members (excludes halogenated alkanes) is 8. The molecule has 0 aromatic rings. The summed E-state index contributed by atoms with van der Waals surface area (Å²) in [5.74, 6) is -0.753. The van der Waals surface area contributed by atoms with Crippen LogP contribution in [0.5, 0.6) is 0 Å². The van der Waals surface area contributed by atoms with Crippen LogP contribution in [0.3, 0.4) is 0 Å². The maximum Gasteiger partial charge on any atom is 0.304 e. The van der Waals surface area contributed by atoms with Crippen LogP contribution in [-0.2, 0) is 4.79 Å². The second kappa shape index (κ2) is 29.3. The van der Waals surface area contributed by atoms with Gasteiger partial charge in [-0.25, -0.2) is 0 Å². The topological polar surface area (TPSA) is 109 Å². The molecule has 8 heteroatoms. The summed E-state index contributed by atoms with van der Waals surface area (Å²) in [6, 6.07) is 0. The molecule has 0 aliphatic carbocycles. The number of carboxylic acids is 1. The van der Waals surface area contributed by atoms with Crippen LogP contribution in [0.1, 0.15) is 77.6 Å². The molecule has 0 aliphatic rings. The molecule has 0 unspecified atom stereocenters. The maximum absolute atomic E-state index is 10.4. The van der Waals surface area contributed by atoms with Gasteiger partial charge >= 0.3 is 5.97 Å². The molecule has 7 N–H and O–H groups in total. The first kappa shape index (κ1) is 32.2. The highest BCUT2D eigenvalue weighted by molar-refractivity contribution is 5.66. The lowest BCUT2D eigenvalue weighted by Gasteiger charge is -2.09. The first-order valence-electron chi connectivity index (χ1n) is 13.7. The van der Waals surface area contributed by atoms with Crippen molar-refractivity contribution in [1.29, 1.82) is 0 Å². The third-order valence-electron chi connectivity index (χ3n) is 5.59. The van der Waals surface area contributed by atoms with Crippen LogP contribution >= 0.6 is 0 Å². The zero-order chi connectivity index (χ0) is 24.1. The molecule has 0 rings (SSSR count). The van der Waals surface area contributed by atoms with Crippen LogP contribution in [0.15, 0.2) is 0 Å². The average Bonchev–Trinajstić information content (AvgIpc) is 2.80. The smallest absolute Gasteiger partial charge is 0.304 e. The Morgan fingerprint density at radius 3 is 1.15 bits per heavy atom. The molecule has 0 aromatic heterocycles. The number of rotatable bonds is 29. The van der Waals surface area contributed by atoms with Gasteiger partial charge in [0.25, 0.3) is 0 Å². The van der Waals surface area contributed by atoms with Gasteiger partial charge in [-0.2, -0.15) is 0 Å². The van der Waals surface area contributed by atoms with Crippen LogP contribution < -0.4 is 31.9 Å². The third-order valence-corrected chi connectivity index (χ3v) is 5.59. The second-order valence-corrected chi connectivity index (χ2v) is 8.83. The van der Waals surface area contributed by atoms with Gasteiger partial charge in [0.15, 0.2) is 0 Å². The molecule has 0 fully saturated rings. The Hall–Kier alpha value is -0.770. The van der Waals surface area contributed by atoms with Gasteiger partial charge in [0.05, 0.1) is 6.42 Å². The molecule has 8 nitrogen and oxygen atoms in total. The molecule has 0 aromatic carbocycles. The molecule has 0 atom stereocenters. The first-order valence-corrected chi connectivity index (χ1v) is 13.7. The van der Waals surface area contributed by atoms with Crippen molar-refractivity contribution in [1.82, 2.24) is 31.9 Å². The van der Waals surface area contributed by atoms with Crippen molar-refractivity contribution >= 4 is 5.97 Å². The summed E-state index contributed by atoms with van der Waals surface area (Å²) < 4.78 is 0. The van der Waals surface area contributed by atoms with Crippen LogP contribution in [0, 0.1) is 0 Å². The number of aliphatic carboxylic acids is 1. The van der Waals surface area contributed by atoms with Crippen LogP contribution in [0.25, 0.3) is 0 Å². The summed E-state index contributed by atoms with van der Waals surface area (Å²) in [7, 11) is 0. The normalized spacial score (nSPS) is 11.3. The monoisotopic (exact) mass is 472 g/mol. The van der Waals surface area contributed by atoms with E-state index in [1.54, 1.807) is 0 Å². The van der Waals surface area contributed by atoms with E-state index in [2.05, 4.69) is 38.8 Å².